The van der Waals surface area contributed by atoms with E-state index in [1.54, 1.807) is 0 Å². The maximum Gasteiger partial charge on any atom is 0.325 e. The molecular weight excluding hydrogens is 216 g/mol. The Labute approximate surface area is 101 Å². The number of benzene rings is 1. The molecule has 92 valence electrons. The summed E-state index contributed by atoms with van der Waals surface area (Å²) in [6.07, 6.45) is 0. The van der Waals surface area contributed by atoms with Crippen molar-refractivity contribution in [3.8, 4) is 0 Å². The third kappa shape index (κ3) is 2.84. The molecule has 17 heavy (non-hydrogen) atoms. The highest BCUT2D eigenvalue weighted by atomic mass is 16.4. The SMILES string of the molecule is CN1CCN([C@H](C(=O)O)c2ccccc2)CC1. The van der Waals surface area contributed by atoms with Crippen molar-refractivity contribution in [2.24, 2.45) is 0 Å². The number of carboxylic acids is 1. The predicted molar refractivity (Wildman–Crippen MR) is 65.9 cm³/mol. The maximum absolute atomic E-state index is 11.4. The number of carbonyl (C=O) groups is 1. The average molecular weight is 234 g/mol. The summed E-state index contributed by atoms with van der Waals surface area (Å²) in [4.78, 5) is 15.7. The molecule has 2 rings (SSSR count). The molecule has 1 fully saturated rings. The van der Waals surface area contributed by atoms with Crippen molar-refractivity contribution < 1.29 is 9.90 Å². The molecule has 0 aliphatic carbocycles. The van der Waals surface area contributed by atoms with Gasteiger partial charge in [0.15, 0.2) is 0 Å². The quantitative estimate of drug-likeness (QED) is 0.849. The summed E-state index contributed by atoms with van der Waals surface area (Å²) in [7, 11) is 2.07. The topological polar surface area (TPSA) is 43.8 Å². The predicted octanol–water partition coefficient (Wildman–Crippen LogP) is 1.06. The maximum atomic E-state index is 11.4. The van der Waals surface area contributed by atoms with Crippen LogP contribution < -0.4 is 0 Å². The van der Waals surface area contributed by atoms with Gasteiger partial charge in [0.05, 0.1) is 0 Å². The van der Waals surface area contributed by atoms with Gasteiger partial charge in [-0.25, -0.2) is 0 Å². The van der Waals surface area contributed by atoms with Gasteiger partial charge in [-0.05, 0) is 12.6 Å². The van der Waals surface area contributed by atoms with Gasteiger partial charge >= 0.3 is 5.97 Å². The molecule has 0 radical (unpaired) electrons. The second-order valence-corrected chi connectivity index (χ2v) is 4.49. The lowest BCUT2D eigenvalue weighted by atomic mass is 10.0. The Morgan fingerprint density at radius 2 is 1.76 bits per heavy atom. The number of hydrogen-bond donors (Lipinski definition) is 1. The number of nitrogens with zero attached hydrogens (tertiary/aromatic N) is 2. The molecule has 0 saturated carbocycles. The molecule has 1 aliphatic rings. The summed E-state index contributed by atoms with van der Waals surface area (Å²) in [6, 6.07) is 8.95. The van der Waals surface area contributed by atoms with Crippen LogP contribution in [0.5, 0.6) is 0 Å². The molecule has 0 spiro atoms. The lowest BCUT2D eigenvalue weighted by Crippen LogP contribution is -2.47. The van der Waals surface area contributed by atoms with Gasteiger partial charge in [0, 0.05) is 26.2 Å². The van der Waals surface area contributed by atoms with E-state index in [9.17, 15) is 9.90 Å². The molecule has 1 saturated heterocycles. The molecular formula is C13H18N2O2. The Balaban J connectivity index is 2.16. The summed E-state index contributed by atoms with van der Waals surface area (Å²) in [5.41, 5.74) is 0.865. The molecule has 0 unspecified atom stereocenters. The molecule has 1 heterocycles. The van der Waals surface area contributed by atoms with Crippen LogP contribution in [0.4, 0.5) is 0 Å². The first-order valence-electron chi connectivity index (χ1n) is 5.89. The van der Waals surface area contributed by atoms with Gasteiger partial charge in [-0.3, -0.25) is 9.69 Å². The number of hydrogen-bond acceptors (Lipinski definition) is 3. The van der Waals surface area contributed by atoms with Gasteiger partial charge in [-0.1, -0.05) is 30.3 Å². The zero-order valence-corrected chi connectivity index (χ0v) is 10.0. The Bertz CT molecular complexity index is 372. The van der Waals surface area contributed by atoms with Crippen LogP contribution in [0, 0.1) is 0 Å². The monoisotopic (exact) mass is 234 g/mol. The van der Waals surface area contributed by atoms with E-state index in [-0.39, 0.29) is 0 Å². The van der Waals surface area contributed by atoms with Crippen LogP contribution in [0.15, 0.2) is 30.3 Å². The molecule has 1 aliphatic heterocycles. The fraction of sp³-hybridized carbons (Fsp3) is 0.462. The van der Waals surface area contributed by atoms with Crippen LogP contribution in [0.1, 0.15) is 11.6 Å². The fourth-order valence-electron chi connectivity index (χ4n) is 2.23. The van der Waals surface area contributed by atoms with Crippen LogP contribution in [-0.4, -0.2) is 54.1 Å². The minimum atomic E-state index is -0.763. The van der Waals surface area contributed by atoms with Crippen molar-refractivity contribution in [2.45, 2.75) is 6.04 Å². The van der Waals surface area contributed by atoms with E-state index < -0.39 is 12.0 Å². The van der Waals surface area contributed by atoms with Gasteiger partial charge in [0.1, 0.15) is 6.04 Å². The summed E-state index contributed by atoms with van der Waals surface area (Å²) < 4.78 is 0. The van der Waals surface area contributed by atoms with Gasteiger partial charge < -0.3 is 10.0 Å². The highest BCUT2D eigenvalue weighted by molar-refractivity contribution is 5.75. The van der Waals surface area contributed by atoms with E-state index in [4.69, 9.17) is 0 Å². The van der Waals surface area contributed by atoms with Crippen molar-refractivity contribution >= 4 is 5.97 Å². The zero-order chi connectivity index (χ0) is 12.3. The summed E-state index contributed by atoms with van der Waals surface area (Å²) >= 11 is 0. The van der Waals surface area contributed by atoms with Gasteiger partial charge in [-0.2, -0.15) is 0 Å². The van der Waals surface area contributed by atoms with Crippen LogP contribution in [0.25, 0.3) is 0 Å². The second kappa shape index (κ2) is 5.29. The minimum Gasteiger partial charge on any atom is -0.480 e. The van der Waals surface area contributed by atoms with Crippen LogP contribution in [0.2, 0.25) is 0 Å². The van der Waals surface area contributed by atoms with Gasteiger partial charge in [0.2, 0.25) is 0 Å². The van der Waals surface area contributed by atoms with Crippen LogP contribution in [0.3, 0.4) is 0 Å². The van der Waals surface area contributed by atoms with Crippen molar-refractivity contribution in [2.75, 3.05) is 33.2 Å². The third-order valence-corrected chi connectivity index (χ3v) is 3.25. The third-order valence-electron chi connectivity index (χ3n) is 3.25. The van der Waals surface area contributed by atoms with E-state index in [0.29, 0.717) is 0 Å². The number of aliphatic carboxylic acids is 1. The number of rotatable bonds is 3. The Morgan fingerprint density at radius 3 is 2.29 bits per heavy atom. The van der Waals surface area contributed by atoms with Crippen molar-refractivity contribution in [3.05, 3.63) is 35.9 Å². The first-order valence-corrected chi connectivity index (χ1v) is 5.89. The number of piperazine rings is 1. The minimum absolute atomic E-state index is 0.509. The molecule has 4 nitrogen and oxygen atoms in total. The summed E-state index contributed by atoms with van der Waals surface area (Å²) in [5, 5.41) is 9.39. The second-order valence-electron chi connectivity index (χ2n) is 4.49. The largest absolute Gasteiger partial charge is 0.480 e. The molecule has 1 aromatic rings. The molecule has 1 aromatic carbocycles. The first kappa shape index (κ1) is 12.1. The highest BCUT2D eigenvalue weighted by Gasteiger charge is 2.29. The summed E-state index contributed by atoms with van der Waals surface area (Å²) in [5.74, 6) is -0.763. The van der Waals surface area contributed by atoms with Gasteiger partial charge in [0.25, 0.3) is 0 Å². The lowest BCUT2D eigenvalue weighted by Gasteiger charge is -2.36. The summed E-state index contributed by atoms with van der Waals surface area (Å²) in [6.45, 7) is 3.47. The van der Waals surface area contributed by atoms with Crippen molar-refractivity contribution in [1.82, 2.24) is 9.80 Å². The first-order chi connectivity index (χ1) is 8.18. The lowest BCUT2D eigenvalue weighted by molar-refractivity contribution is -0.144. The van der Waals surface area contributed by atoms with E-state index in [1.807, 2.05) is 35.2 Å². The van der Waals surface area contributed by atoms with E-state index in [2.05, 4.69) is 11.9 Å². The molecule has 1 atom stereocenters. The fourth-order valence-corrected chi connectivity index (χ4v) is 2.23. The van der Waals surface area contributed by atoms with Crippen LogP contribution in [-0.2, 0) is 4.79 Å². The Kier molecular flexibility index (Phi) is 3.76. The zero-order valence-electron chi connectivity index (χ0n) is 10.0. The van der Waals surface area contributed by atoms with Crippen LogP contribution >= 0.6 is 0 Å². The number of likely N-dealkylation sites (N-methyl/N-ethyl adjacent to an activating group) is 1. The molecule has 0 amide bonds. The Morgan fingerprint density at radius 1 is 1.18 bits per heavy atom. The molecule has 0 aromatic heterocycles. The van der Waals surface area contributed by atoms with E-state index in [0.717, 1.165) is 31.7 Å². The van der Waals surface area contributed by atoms with E-state index >= 15 is 0 Å². The Hall–Kier alpha value is -1.39. The molecule has 4 heteroatoms. The smallest absolute Gasteiger partial charge is 0.325 e. The van der Waals surface area contributed by atoms with Crippen molar-refractivity contribution in [1.29, 1.82) is 0 Å². The normalized spacial score (nSPS) is 20.1. The van der Waals surface area contributed by atoms with Crippen molar-refractivity contribution in [3.63, 3.8) is 0 Å². The number of carboxylic acid groups (broad SMARTS) is 1. The molecule has 0 bridgehead atoms. The van der Waals surface area contributed by atoms with Gasteiger partial charge in [-0.15, -0.1) is 0 Å². The average Bonchev–Trinajstić information content (AvgIpc) is 2.33. The standard InChI is InChI=1S/C13H18N2O2/c1-14-7-9-15(10-8-14)12(13(16)17)11-5-3-2-4-6-11/h2-6,12H,7-10H2,1H3,(H,16,17)/t12-/m0/s1. The molecule has 1 N–H and O–H groups in total. The highest BCUT2D eigenvalue weighted by Crippen LogP contribution is 2.21. The van der Waals surface area contributed by atoms with E-state index in [1.165, 1.54) is 0 Å².